The van der Waals surface area contributed by atoms with Gasteiger partial charge in [0, 0.05) is 15.6 Å². The Morgan fingerprint density at radius 2 is 1.91 bits per heavy atom. The Hall–Kier alpha value is -2.34. The number of methoxy groups -OCH3 is 1. The highest BCUT2D eigenvalue weighted by Crippen LogP contribution is 2.45. The maximum atomic E-state index is 11.7. The standard InChI is InChI=1S/C16H11BrO5/c1-21-16(20)8-2-5-12-11(6-8)14(15(18)19)10-4-3-9(17)7-13(10)22-12/h2-7,14H,1H3,(H,18,19). The molecule has 0 aliphatic carbocycles. The number of ether oxygens (including phenoxy) is 2. The summed E-state index contributed by atoms with van der Waals surface area (Å²) in [5, 5.41) is 9.60. The molecule has 0 fully saturated rings. The molecule has 1 N–H and O–H groups in total. The summed E-state index contributed by atoms with van der Waals surface area (Å²) in [5.41, 5.74) is 1.27. The van der Waals surface area contributed by atoms with Gasteiger partial charge >= 0.3 is 11.9 Å². The molecule has 0 bridgehead atoms. The van der Waals surface area contributed by atoms with Crippen molar-refractivity contribution in [2.24, 2.45) is 0 Å². The summed E-state index contributed by atoms with van der Waals surface area (Å²) in [7, 11) is 1.28. The monoisotopic (exact) mass is 362 g/mol. The lowest BCUT2D eigenvalue weighted by molar-refractivity contribution is -0.137. The number of halogens is 1. The van der Waals surface area contributed by atoms with Gasteiger partial charge in [0.25, 0.3) is 0 Å². The first-order valence-corrected chi connectivity index (χ1v) is 7.23. The van der Waals surface area contributed by atoms with Gasteiger partial charge in [-0.15, -0.1) is 0 Å². The van der Waals surface area contributed by atoms with Gasteiger partial charge in [0.15, 0.2) is 0 Å². The van der Waals surface area contributed by atoms with Crippen LogP contribution < -0.4 is 4.74 Å². The van der Waals surface area contributed by atoms with Crippen LogP contribution in [0.1, 0.15) is 27.4 Å². The predicted molar refractivity (Wildman–Crippen MR) is 81.5 cm³/mol. The number of carboxylic acid groups (broad SMARTS) is 1. The first-order valence-electron chi connectivity index (χ1n) is 6.43. The SMILES string of the molecule is COC(=O)c1ccc2c(c1)C(C(=O)O)c1ccc(Br)cc1O2. The Morgan fingerprint density at radius 1 is 1.14 bits per heavy atom. The lowest BCUT2D eigenvalue weighted by Gasteiger charge is -2.26. The summed E-state index contributed by atoms with van der Waals surface area (Å²) in [5.74, 6) is -1.51. The van der Waals surface area contributed by atoms with E-state index in [1.165, 1.54) is 13.2 Å². The van der Waals surface area contributed by atoms with Crippen LogP contribution >= 0.6 is 15.9 Å². The van der Waals surface area contributed by atoms with Crippen molar-refractivity contribution in [3.63, 3.8) is 0 Å². The Bertz CT molecular complexity index is 784. The topological polar surface area (TPSA) is 72.8 Å². The third kappa shape index (κ3) is 2.35. The van der Waals surface area contributed by atoms with Gasteiger partial charge in [-0.2, -0.15) is 0 Å². The third-order valence-electron chi connectivity index (χ3n) is 3.50. The third-order valence-corrected chi connectivity index (χ3v) is 3.99. The number of hydrogen-bond acceptors (Lipinski definition) is 4. The molecule has 6 heteroatoms. The van der Waals surface area contributed by atoms with E-state index < -0.39 is 17.9 Å². The van der Waals surface area contributed by atoms with Gasteiger partial charge in [-0.1, -0.05) is 22.0 Å². The normalized spacial score (nSPS) is 15.3. The highest BCUT2D eigenvalue weighted by atomic mass is 79.9. The highest BCUT2D eigenvalue weighted by molar-refractivity contribution is 9.10. The molecule has 2 aromatic carbocycles. The van der Waals surface area contributed by atoms with E-state index in [9.17, 15) is 14.7 Å². The Morgan fingerprint density at radius 3 is 2.59 bits per heavy atom. The van der Waals surface area contributed by atoms with Crippen molar-refractivity contribution < 1.29 is 24.2 Å². The molecule has 1 atom stereocenters. The van der Waals surface area contributed by atoms with E-state index in [0.717, 1.165) is 4.47 Å². The minimum Gasteiger partial charge on any atom is -0.481 e. The lowest BCUT2D eigenvalue weighted by Crippen LogP contribution is -2.19. The van der Waals surface area contributed by atoms with Crippen molar-refractivity contribution in [2.45, 2.75) is 5.92 Å². The molecule has 1 aliphatic rings. The first kappa shape index (κ1) is 14.6. The summed E-state index contributed by atoms with van der Waals surface area (Å²) in [4.78, 5) is 23.4. The molecule has 0 amide bonds. The van der Waals surface area contributed by atoms with Gasteiger partial charge in [0.1, 0.15) is 17.4 Å². The molecule has 1 unspecified atom stereocenters. The van der Waals surface area contributed by atoms with Gasteiger partial charge < -0.3 is 14.6 Å². The molecule has 0 spiro atoms. The molecule has 112 valence electrons. The number of aliphatic carboxylic acids is 1. The summed E-state index contributed by atoms with van der Waals surface area (Å²) in [6.07, 6.45) is 0. The van der Waals surface area contributed by atoms with E-state index in [1.54, 1.807) is 30.3 Å². The minimum absolute atomic E-state index is 0.289. The molecule has 2 aromatic rings. The van der Waals surface area contributed by atoms with Gasteiger partial charge in [-0.05, 0) is 30.3 Å². The summed E-state index contributed by atoms with van der Waals surface area (Å²) in [6, 6.07) is 9.82. The fraction of sp³-hybridized carbons (Fsp3) is 0.125. The van der Waals surface area contributed by atoms with Crippen molar-refractivity contribution in [2.75, 3.05) is 7.11 Å². The molecule has 1 aliphatic heterocycles. The van der Waals surface area contributed by atoms with E-state index in [4.69, 9.17) is 4.74 Å². The smallest absolute Gasteiger partial charge is 0.337 e. The molecular formula is C16H11BrO5. The second-order valence-electron chi connectivity index (χ2n) is 4.80. The first-order chi connectivity index (χ1) is 10.5. The Kier molecular flexibility index (Phi) is 3.62. The number of carbonyl (C=O) groups excluding carboxylic acids is 1. The molecule has 0 radical (unpaired) electrons. The van der Waals surface area contributed by atoms with Gasteiger partial charge in [0.2, 0.25) is 0 Å². The average Bonchev–Trinajstić information content (AvgIpc) is 2.50. The number of fused-ring (bicyclic) bond motifs is 2. The van der Waals surface area contributed by atoms with E-state index in [0.29, 0.717) is 22.6 Å². The second-order valence-corrected chi connectivity index (χ2v) is 5.72. The van der Waals surface area contributed by atoms with Crippen LogP contribution in [0.3, 0.4) is 0 Å². The number of carboxylic acids is 1. The highest BCUT2D eigenvalue weighted by Gasteiger charge is 2.33. The van der Waals surface area contributed by atoms with Crippen LogP contribution in [0.2, 0.25) is 0 Å². The largest absolute Gasteiger partial charge is 0.481 e. The molecule has 22 heavy (non-hydrogen) atoms. The van der Waals surface area contributed by atoms with Crippen molar-refractivity contribution in [3.8, 4) is 11.5 Å². The van der Waals surface area contributed by atoms with Crippen LogP contribution in [-0.2, 0) is 9.53 Å². The zero-order valence-corrected chi connectivity index (χ0v) is 13.1. The predicted octanol–water partition coefficient (Wildman–Crippen LogP) is 3.56. The van der Waals surface area contributed by atoms with Crippen LogP contribution in [-0.4, -0.2) is 24.2 Å². The fourth-order valence-electron chi connectivity index (χ4n) is 2.50. The number of carbonyl (C=O) groups is 2. The van der Waals surface area contributed by atoms with Crippen molar-refractivity contribution in [1.82, 2.24) is 0 Å². The van der Waals surface area contributed by atoms with Crippen molar-refractivity contribution in [1.29, 1.82) is 0 Å². The number of esters is 1. The second kappa shape index (κ2) is 5.46. The molecule has 0 saturated carbocycles. The number of benzene rings is 2. The Balaban J connectivity index is 2.17. The van der Waals surface area contributed by atoms with Crippen LogP contribution in [0.4, 0.5) is 0 Å². The maximum absolute atomic E-state index is 11.7. The molecule has 3 rings (SSSR count). The van der Waals surface area contributed by atoms with E-state index in [-0.39, 0.29) is 5.56 Å². The van der Waals surface area contributed by atoms with Gasteiger partial charge in [-0.25, -0.2) is 4.79 Å². The Labute approximate surface area is 134 Å². The zero-order chi connectivity index (χ0) is 15.9. The van der Waals surface area contributed by atoms with E-state index in [2.05, 4.69) is 20.7 Å². The van der Waals surface area contributed by atoms with Crippen LogP contribution in [0.5, 0.6) is 11.5 Å². The molecule has 0 saturated heterocycles. The van der Waals surface area contributed by atoms with Crippen LogP contribution in [0.15, 0.2) is 40.9 Å². The van der Waals surface area contributed by atoms with Gasteiger partial charge in [-0.3, -0.25) is 4.79 Å². The van der Waals surface area contributed by atoms with E-state index >= 15 is 0 Å². The summed E-state index contributed by atoms with van der Waals surface area (Å²) in [6.45, 7) is 0. The van der Waals surface area contributed by atoms with Crippen molar-refractivity contribution >= 4 is 27.9 Å². The summed E-state index contributed by atoms with van der Waals surface area (Å²) < 4.78 is 11.2. The molecule has 0 aromatic heterocycles. The molecular weight excluding hydrogens is 352 g/mol. The fourth-order valence-corrected chi connectivity index (χ4v) is 2.84. The quantitative estimate of drug-likeness (QED) is 0.826. The minimum atomic E-state index is -1.00. The molecule has 5 nitrogen and oxygen atoms in total. The zero-order valence-electron chi connectivity index (χ0n) is 11.5. The maximum Gasteiger partial charge on any atom is 0.337 e. The number of hydrogen-bond donors (Lipinski definition) is 1. The van der Waals surface area contributed by atoms with Crippen molar-refractivity contribution in [3.05, 3.63) is 57.6 Å². The van der Waals surface area contributed by atoms with E-state index in [1.807, 2.05) is 0 Å². The van der Waals surface area contributed by atoms with Crippen LogP contribution in [0, 0.1) is 0 Å². The lowest BCUT2D eigenvalue weighted by atomic mass is 9.87. The summed E-state index contributed by atoms with van der Waals surface area (Å²) >= 11 is 3.34. The van der Waals surface area contributed by atoms with Gasteiger partial charge in [0.05, 0.1) is 12.7 Å². The molecule has 1 heterocycles. The van der Waals surface area contributed by atoms with Crippen LogP contribution in [0.25, 0.3) is 0 Å². The number of rotatable bonds is 2. The average molecular weight is 363 g/mol.